The molecule has 0 unspecified atom stereocenters. The Morgan fingerprint density at radius 2 is 2.17 bits per heavy atom. The summed E-state index contributed by atoms with van der Waals surface area (Å²) in [5.74, 6) is 0.483. The van der Waals surface area contributed by atoms with Gasteiger partial charge in [-0.2, -0.15) is 0 Å². The maximum Gasteiger partial charge on any atom is 0.263 e. The van der Waals surface area contributed by atoms with E-state index < -0.39 is 0 Å². The summed E-state index contributed by atoms with van der Waals surface area (Å²) >= 11 is 6.81. The molecule has 2 rings (SSSR count). The van der Waals surface area contributed by atoms with E-state index in [1.165, 1.54) is 11.3 Å². The van der Waals surface area contributed by atoms with E-state index in [2.05, 4.69) is 32.7 Å². The lowest BCUT2D eigenvalue weighted by atomic mass is 9.81. The first-order valence-electron chi connectivity index (χ1n) is 6.03. The molecule has 98 valence electrons. The molecule has 18 heavy (non-hydrogen) atoms. The van der Waals surface area contributed by atoms with E-state index in [-0.39, 0.29) is 11.0 Å². The van der Waals surface area contributed by atoms with Crippen LogP contribution in [0.15, 0.2) is 16.2 Å². The van der Waals surface area contributed by atoms with Crippen molar-refractivity contribution in [2.45, 2.75) is 34.2 Å². The number of aromatic amines is 1. The largest absolute Gasteiger partial charge is 0.323 e. The topological polar surface area (TPSA) is 37.8 Å². The minimum Gasteiger partial charge on any atom is -0.323 e. The van der Waals surface area contributed by atoms with Crippen molar-refractivity contribution in [3.63, 3.8) is 0 Å². The van der Waals surface area contributed by atoms with Gasteiger partial charge in [0, 0.05) is 6.54 Å². The molecule has 2 aromatic rings. The van der Waals surface area contributed by atoms with E-state index in [9.17, 15) is 4.79 Å². The molecule has 3 nitrogen and oxygen atoms in total. The Bertz CT molecular complexity index is 676. The second-order valence-corrected chi connectivity index (χ2v) is 6.93. The lowest BCUT2D eigenvalue weighted by Crippen LogP contribution is -2.32. The van der Waals surface area contributed by atoms with Crippen LogP contribution < -0.4 is 5.56 Å². The SMILES string of the molecule is CC(C)C(C)(C)Cn1c(=S)[nH]c2sccc2c1=O. The predicted molar refractivity (Wildman–Crippen MR) is 79.9 cm³/mol. The average molecular weight is 282 g/mol. The molecule has 0 aliphatic carbocycles. The number of aromatic nitrogens is 2. The van der Waals surface area contributed by atoms with Crippen molar-refractivity contribution in [1.82, 2.24) is 9.55 Å². The zero-order valence-corrected chi connectivity index (χ0v) is 12.7. The van der Waals surface area contributed by atoms with Gasteiger partial charge in [-0.25, -0.2) is 0 Å². The van der Waals surface area contributed by atoms with Crippen molar-refractivity contribution >= 4 is 33.8 Å². The summed E-state index contributed by atoms with van der Waals surface area (Å²) in [6.07, 6.45) is 0. The van der Waals surface area contributed by atoms with Gasteiger partial charge in [-0.15, -0.1) is 11.3 Å². The molecule has 0 bridgehead atoms. The maximum absolute atomic E-state index is 12.4. The van der Waals surface area contributed by atoms with Gasteiger partial charge in [-0.1, -0.05) is 27.7 Å². The molecule has 0 amide bonds. The number of fused-ring (bicyclic) bond motifs is 1. The molecule has 0 atom stereocenters. The molecule has 2 heterocycles. The van der Waals surface area contributed by atoms with E-state index in [0.29, 0.717) is 17.2 Å². The van der Waals surface area contributed by atoms with Crippen molar-refractivity contribution in [1.29, 1.82) is 0 Å². The van der Waals surface area contributed by atoms with Crippen LogP contribution in [0.3, 0.4) is 0 Å². The monoisotopic (exact) mass is 282 g/mol. The third kappa shape index (κ3) is 2.29. The minimum atomic E-state index is 0.0173. The van der Waals surface area contributed by atoms with Crippen LogP contribution in [0.25, 0.3) is 10.2 Å². The molecule has 1 N–H and O–H groups in total. The van der Waals surface area contributed by atoms with Gasteiger partial charge in [0.1, 0.15) is 4.83 Å². The lowest BCUT2D eigenvalue weighted by molar-refractivity contribution is 0.206. The van der Waals surface area contributed by atoms with Crippen molar-refractivity contribution in [2.75, 3.05) is 0 Å². The first kappa shape index (κ1) is 13.5. The van der Waals surface area contributed by atoms with Gasteiger partial charge in [-0.05, 0) is 35.0 Å². The Hall–Kier alpha value is -0.940. The Balaban J connectivity index is 2.58. The molecule has 5 heteroatoms. The van der Waals surface area contributed by atoms with Crippen LogP contribution in [0.1, 0.15) is 27.7 Å². The summed E-state index contributed by atoms with van der Waals surface area (Å²) in [7, 11) is 0. The fourth-order valence-corrected chi connectivity index (χ4v) is 2.80. The molecule has 0 saturated heterocycles. The number of rotatable bonds is 3. The fourth-order valence-electron chi connectivity index (χ4n) is 1.71. The molecule has 0 aromatic carbocycles. The Morgan fingerprint density at radius 3 is 2.78 bits per heavy atom. The highest BCUT2D eigenvalue weighted by atomic mass is 32.1. The van der Waals surface area contributed by atoms with E-state index in [4.69, 9.17) is 12.2 Å². The molecule has 0 radical (unpaired) electrons. The second-order valence-electron chi connectivity index (χ2n) is 5.63. The highest BCUT2D eigenvalue weighted by Gasteiger charge is 2.24. The van der Waals surface area contributed by atoms with Crippen LogP contribution in [0.5, 0.6) is 0 Å². The predicted octanol–water partition coefficient (Wildman–Crippen LogP) is 3.80. The van der Waals surface area contributed by atoms with Crippen LogP contribution in [-0.2, 0) is 6.54 Å². The third-order valence-electron chi connectivity index (χ3n) is 3.73. The molecule has 0 saturated carbocycles. The molecule has 2 aromatic heterocycles. The van der Waals surface area contributed by atoms with Gasteiger partial charge in [-0.3, -0.25) is 9.36 Å². The van der Waals surface area contributed by atoms with Gasteiger partial charge >= 0.3 is 0 Å². The van der Waals surface area contributed by atoms with E-state index in [1.807, 2.05) is 11.4 Å². The average Bonchev–Trinajstić information content (AvgIpc) is 2.72. The maximum atomic E-state index is 12.4. The summed E-state index contributed by atoms with van der Waals surface area (Å²) in [6.45, 7) is 9.31. The number of H-pyrrole nitrogens is 1. The van der Waals surface area contributed by atoms with Crippen LogP contribution in [0.2, 0.25) is 0 Å². The highest BCUT2D eigenvalue weighted by Crippen LogP contribution is 2.28. The highest BCUT2D eigenvalue weighted by molar-refractivity contribution is 7.71. The van der Waals surface area contributed by atoms with E-state index in [1.54, 1.807) is 4.57 Å². The molecule has 0 aliphatic rings. The number of thiophene rings is 1. The summed E-state index contributed by atoms with van der Waals surface area (Å²) in [5, 5.41) is 2.64. The van der Waals surface area contributed by atoms with Gasteiger partial charge in [0.15, 0.2) is 4.77 Å². The van der Waals surface area contributed by atoms with E-state index in [0.717, 1.165) is 10.2 Å². The summed E-state index contributed by atoms with van der Waals surface area (Å²) in [5.41, 5.74) is 0.0540. The van der Waals surface area contributed by atoms with Crippen LogP contribution in [0, 0.1) is 16.1 Å². The molecule has 0 spiro atoms. The van der Waals surface area contributed by atoms with Crippen LogP contribution in [0.4, 0.5) is 0 Å². The number of nitrogens with one attached hydrogen (secondary N) is 1. The fraction of sp³-hybridized carbons (Fsp3) is 0.538. The van der Waals surface area contributed by atoms with Gasteiger partial charge < -0.3 is 4.98 Å². The Kier molecular flexibility index (Phi) is 3.47. The number of hydrogen-bond acceptors (Lipinski definition) is 3. The third-order valence-corrected chi connectivity index (χ3v) is 4.89. The van der Waals surface area contributed by atoms with Gasteiger partial charge in [0.25, 0.3) is 5.56 Å². The zero-order valence-electron chi connectivity index (χ0n) is 11.1. The van der Waals surface area contributed by atoms with Gasteiger partial charge in [0.05, 0.1) is 5.39 Å². The van der Waals surface area contributed by atoms with Gasteiger partial charge in [0.2, 0.25) is 0 Å². The Morgan fingerprint density at radius 1 is 1.50 bits per heavy atom. The number of nitrogens with zero attached hydrogens (tertiary/aromatic N) is 1. The lowest BCUT2D eigenvalue weighted by Gasteiger charge is -2.29. The quantitative estimate of drug-likeness (QED) is 0.869. The molecule has 0 aliphatic heterocycles. The van der Waals surface area contributed by atoms with Crippen LogP contribution >= 0.6 is 23.6 Å². The van der Waals surface area contributed by atoms with Crippen LogP contribution in [-0.4, -0.2) is 9.55 Å². The molecular formula is C13H18N2OS2. The van der Waals surface area contributed by atoms with E-state index >= 15 is 0 Å². The number of hydrogen-bond donors (Lipinski definition) is 1. The summed E-state index contributed by atoms with van der Waals surface area (Å²) < 4.78 is 2.20. The normalized spacial score (nSPS) is 12.5. The molecule has 0 fully saturated rings. The first-order chi connectivity index (χ1) is 8.33. The van der Waals surface area contributed by atoms with Crippen molar-refractivity contribution in [3.8, 4) is 0 Å². The standard InChI is InChI=1S/C13H18N2OS2/c1-8(2)13(3,4)7-15-11(16)9-5-6-18-10(9)14-12(15)17/h5-6,8H,7H2,1-4H3,(H,14,17). The minimum absolute atomic E-state index is 0.0173. The van der Waals surface area contributed by atoms with Crippen molar-refractivity contribution in [3.05, 3.63) is 26.6 Å². The summed E-state index contributed by atoms with van der Waals surface area (Å²) in [4.78, 5) is 16.4. The summed E-state index contributed by atoms with van der Waals surface area (Å²) in [6, 6.07) is 1.85. The van der Waals surface area contributed by atoms with Crippen molar-refractivity contribution < 1.29 is 0 Å². The molecular weight excluding hydrogens is 264 g/mol. The van der Waals surface area contributed by atoms with Crippen molar-refractivity contribution in [2.24, 2.45) is 11.3 Å². The first-order valence-corrected chi connectivity index (χ1v) is 7.32. The Labute approximate surface area is 115 Å². The zero-order chi connectivity index (χ0) is 13.5. The smallest absolute Gasteiger partial charge is 0.263 e. The second kappa shape index (κ2) is 4.63.